The molecule has 1 fully saturated rings. The molecule has 2 N–H and O–H groups in total. The molecule has 0 aliphatic carbocycles. The van der Waals surface area contributed by atoms with Crippen LogP contribution in [0, 0.1) is 0 Å². The topological polar surface area (TPSA) is 84.5 Å². The Labute approximate surface area is 122 Å². The molecule has 0 unspecified atom stereocenters. The summed E-state index contributed by atoms with van der Waals surface area (Å²) >= 11 is 0. The third-order valence-corrected chi connectivity index (χ3v) is 3.24. The summed E-state index contributed by atoms with van der Waals surface area (Å²) in [5, 5.41) is 5.47. The predicted molar refractivity (Wildman–Crippen MR) is 75.3 cm³/mol. The normalized spacial score (nSPS) is 17.2. The van der Waals surface area contributed by atoms with Crippen LogP contribution in [-0.2, 0) is 25.7 Å². The van der Waals surface area contributed by atoms with Crippen molar-refractivity contribution < 1.29 is 19.1 Å². The second-order valence-corrected chi connectivity index (χ2v) is 4.85. The molecule has 0 aromatic heterocycles. The summed E-state index contributed by atoms with van der Waals surface area (Å²) in [5.74, 6) is -1.94. The van der Waals surface area contributed by atoms with Crippen molar-refractivity contribution in [1.29, 1.82) is 0 Å². The van der Waals surface area contributed by atoms with E-state index in [1.807, 2.05) is 18.2 Å². The molecule has 2 rings (SSSR count). The van der Waals surface area contributed by atoms with Crippen LogP contribution in [0.5, 0.6) is 0 Å². The van der Waals surface area contributed by atoms with Crippen LogP contribution in [0.4, 0.5) is 0 Å². The lowest BCUT2D eigenvalue weighted by molar-refractivity contribution is -0.154. The Bertz CT molecular complexity index is 510. The number of esters is 1. The molecule has 1 aromatic rings. The highest BCUT2D eigenvalue weighted by Gasteiger charge is 2.23. The number of benzene rings is 1. The molecule has 1 atom stereocenters. The van der Waals surface area contributed by atoms with E-state index < -0.39 is 11.8 Å². The smallest absolute Gasteiger partial charge is 0.376 e. The van der Waals surface area contributed by atoms with E-state index in [2.05, 4.69) is 10.6 Å². The lowest BCUT2D eigenvalue weighted by Crippen LogP contribution is -2.43. The number of rotatable bonds is 6. The van der Waals surface area contributed by atoms with Crippen molar-refractivity contribution in [3.63, 3.8) is 0 Å². The van der Waals surface area contributed by atoms with Crippen LogP contribution in [-0.4, -0.2) is 36.8 Å². The van der Waals surface area contributed by atoms with Crippen molar-refractivity contribution in [2.45, 2.75) is 25.5 Å². The van der Waals surface area contributed by atoms with Gasteiger partial charge in [0.15, 0.2) is 0 Å². The molecule has 21 heavy (non-hydrogen) atoms. The van der Waals surface area contributed by atoms with Gasteiger partial charge in [0.2, 0.25) is 5.91 Å². The lowest BCUT2D eigenvalue weighted by Gasteiger charge is -2.10. The Morgan fingerprint density at radius 1 is 1.24 bits per heavy atom. The molecule has 0 spiro atoms. The first-order valence-corrected chi connectivity index (χ1v) is 6.92. The maximum absolute atomic E-state index is 11.7. The second-order valence-electron chi connectivity index (χ2n) is 4.85. The fourth-order valence-corrected chi connectivity index (χ4v) is 2.07. The van der Waals surface area contributed by atoms with Crippen molar-refractivity contribution in [2.75, 3.05) is 13.1 Å². The van der Waals surface area contributed by atoms with Gasteiger partial charge in [-0.05, 0) is 24.9 Å². The minimum absolute atomic E-state index is 0.0452. The number of hydrogen-bond donors (Lipinski definition) is 2. The number of amides is 1. The van der Waals surface area contributed by atoms with Crippen LogP contribution in [0.2, 0.25) is 0 Å². The summed E-state index contributed by atoms with van der Waals surface area (Å²) in [6.07, 6.45) is 1.68. The molecule has 1 amide bonds. The van der Waals surface area contributed by atoms with Crippen molar-refractivity contribution in [1.82, 2.24) is 10.6 Å². The van der Waals surface area contributed by atoms with E-state index in [9.17, 15) is 14.4 Å². The zero-order chi connectivity index (χ0) is 15.1. The maximum Gasteiger partial charge on any atom is 0.376 e. The maximum atomic E-state index is 11.7. The minimum atomic E-state index is -0.932. The minimum Gasteiger partial charge on any atom is -0.455 e. The standard InChI is InChI=1S/C15H18N2O4/c18-13(9-17-14(19)12-7-4-8-16-12)15(20)21-10-11-5-2-1-3-6-11/h1-3,5-6,12,16H,4,7-10H2,(H,17,19)/t12-/m0/s1. The van der Waals surface area contributed by atoms with Crippen molar-refractivity contribution >= 4 is 17.7 Å². The highest BCUT2D eigenvalue weighted by Crippen LogP contribution is 2.04. The van der Waals surface area contributed by atoms with Gasteiger partial charge in [-0.3, -0.25) is 9.59 Å². The van der Waals surface area contributed by atoms with Gasteiger partial charge in [-0.15, -0.1) is 0 Å². The van der Waals surface area contributed by atoms with Crippen LogP contribution in [0.25, 0.3) is 0 Å². The Hall–Kier alpha value is -2.21. The highest BCUT2D eigenvalue weighted by atomic mass is 16.5. The third-order valence-electron chi connectivity index (χ3n) is 3.24. The first-order chi connectivity index (χ1) is 10.2. The molecule has 1 saturated heterocycles. The second kappa shape index (κ2) is 7.54. The lowest BCUT2D eigenvalue weighted by atomic mass is 10.2. The summed E-state index contributed by atoms with van der Waals surface area (Å²) in [6.45, 7) is 0.513. The first-order valence-electron chi connectivity index (χ1n) is 6.92. The predicted octanol–water partition coefficient (Wildman–Crippen LogP) is 0.167. The molecule has 1 aromatic carbocycles. The van der Waals surface area contributed by atoms with Gasteiger partial charge in [0, 0.05) is 0 Å². The summed E-state index contributed by atoms with van der Waals surface area (Å²) in [7, 11) is 0. The third kappa shape index (κ3) is 4.68. The average molecular weight is 290 g/mol. The van der Waals surface area contributed by atoms with Crippen molar-refractivity contribution in [3.8, 4) is 0 Å². The van der Waals surface area contributed by atoms with Gasteiger partial charge in [-0.25, -0.2) is 4.79 Å². The first kappa shape index (κ1) is 15.2. The molecule has 1 heterocycles. The number of hydrogen-bond acceptors (Lipinski definition) is 5. The quantitative estimate of drug-likeness (QED) is 0.576. The molecular formula is C15H18N2O4. The molecule has 0 bridgehead atoms. The monoisotopic (exact) mass is 290 g/mol. The Kier molecular flexibility index (Phi) is 5.45. The Balaban J connectivity index is 1.70. The summed E-state index contributed by atoms with van der Waals surface area (Å²) in [4.78, 5) is 34.8. The van der Waals surface area contributed by atoms with E-state index in [0.717, 1.165) is 24.9 Å². The Morgan fingerprint density at radius 3 is 2.67 bits per heavy atom. The van der Waals surface area contributed by atoms with Crippen molar-refractivity contribution in [3.05, 3.63) is 35.9 Å². The zero-order valence-electron chi connectivity index (χ0n) is 11.6. The molecule has 6 heteroatoms. The van der Waals surface area contributed by atoms with Crippen LogP contribution in [0.15, 0.2) is 30.3 Å². The van der Waals surface area contributed by atoms with Gasteiger partial charge in [-0.1, -0.05) is 30.3 Å². The van der Waals surface area contributed by atoms with Gasteiger partial charge < -0.3 is 15.4 Å². The fourth-order valence-electron chi connectivity index (χ4n) is 2.07. The molecular weight excluding hydrogens is 272 g/mol. The summed E-state index contributed by atoms with van der Waals surface area (Å²) in [5.41, 5.74) is 0.804. The van der Waals surface area contributed by atoms with Crippen LogP contribution in [0.3, 0.4) is 0 Å². The highest BCUT2D eigenvalue weighted by molar-refractivity contribution is 6.34. The van der Waals surface area contributed by atoms with E-state index in [1.165, 1.54) is 0 Å². The van der Waals surface area contributed by atoms with Crippen LogP contribution in [0.1, 0.15) is 18.4 Å². The Morgan fingerprint density at radius 2 is 2.00 bits per heavy atom. The van der Waals surface area contributed by atoms with E-state index >= 15 is 0 Å². The van der Waals surface area contributed by atoms with Gasteiger partial charge >= 0.3 is 5.97 Å². The molecule has 0 radical (unpaired) electrons. The SMILES string of the molecule is O=C(CNC(=O)[C@@H]1CCCN1)C(=O)OCc1ccccc1. The van der Waals surface area contributed by atoms with Crippen molar-refractivity contribution in [2.24, 2.45) is 0 Å². The van der Waals surface area contributed by atoms with E-state index in [1.54, 1.807) is 12.1 Å². The number of nitrogens with one attached hydrogen (secondary N) is 2. The summed E-state index contributed by atoms with van der Waals surface area (Å²) in [6, 6.07) is 8.82. The molecule has 0 saturated carbocycles. The average Bonchev–Trinajstić information content (AvgIpc) is 3.05. The van der Waals surface area contributed by atoms with E-state index in [4.69, 9.17) is 4.74 Å². The van der Waals surface area contributed by atoms with E-state index in [0.29, 0.717) is 0 Å². The number of carbonyl (C=O) groups excluding carboxylic acids is 3. The number of Topliss-reactive ketones (excluding diaryl/α,β-unsaturated/α-hetero) is 1. The fraction of sp³-hybridized carbons (Fsp3) is 0.400. The van der Waals surface area contributed by atoms with Gasteiger partial charge in [0.1, 0.15) is 6.61 Å². The number of ether oxygens (including phenoxy) is 1. The summed E-state index contributed by atoms with van der Waals surface area (Å²) < 4.78 is 4.89. The van der Waals surface area contributed by atoms with E-state index in [-0.39, 0.29) is 25.1 Å². The van der Waals surface area contributed by atoms with Gasteiger partial charge in [0.05, 0.1) is 12.6 Å². The van der Waals surface area contributed by atoms with Gasteiger partial charge in [0.25, 0.3) is 5.78 Å². The molecule has 1 aliphatic rings. The zero-order valence-corrected chi connectivity index (χ0v) is 11.6. The number of carbonyl (C=O) groups is 3. The number of ketones is 1. The van der Waals surface area contributed by atoms with Crippen LogP contribution < -0.4 is 10.6 Å². The van der Waals surface area contributed by atoms with Crippen LogP contribution >= 0.6 is 0 Å². The molecule has 6 nitrogen and oxygen atoms in total. The largest absolute Gasteiger partial charge is 0.455 e. The molecule has 112 valence electrons. The molecule has 1 aliphatic heterocycles. The van der Waals surface area contributed by atoms with Gasteiger partial charge in [-0.2, -0.15) is 0 Å².